The summed E-state index contributed by atoms with van der Waals surface area (Å²) in [6.07, 6.45) is 0. The van der Waals surface area contributed by atoms with E-state index in [1.54, 1.807) is 0 Å². The van der Waals surface area contributed by atoms with Crippen LogP contribution in [0.5, 0.6) is 0 Å². The largest absolute Gasteiger partial charge is 0.399 e. The molecule has 1 rings (SSSR count). The van der Waals surface area contributed by atoms with Crippen LogP contribution in [0.1, 0.15) is 26.3 Å². The van der Waals surface area contributed by atoms with E-state index in [0.29, 0.717) is 0 Å². The minimum Gasteiger partial charge on any atom is -0.399 e. The van der Waals surface area contributed by atoms with Gasteiger partial charge in [0.2, 0.25) is 0 Å². The van der Waals surface area contributed by atoms with E-state index >= 15 is 0 Å². The summed E-state index contributed by atoms with van der Waals surface area (Å²) >= 11 is 0. The molecule has 0 fully saturated rings. The van der Waals surface area contributed by atoms with Gasteiger partial charge in [0.15, 0.2) is 0 Å². The Balaban J connectivity index is 2.46. The van der Waals surface area contributed by atoms with Crippen LogP contribution in [0.2, 0.25) is 0 Å². The number of hydrogen-bond acceptors (Lipinski definition) is 3. The quantitative estimate of drug-likeness (QED) is 0.718. The zero-order valence-electron chi connectivity index (χ0n) is 12.0. The van der Waals surface area contributed by atoms with Crippen LogP contribution < -0.4 is 5.73 Å². The van der Waals surface area contributed by atoms with E-state index in [0.717, 1.165) is 45.0 Å². The van der Waals surface area contributed by atoms with E-state index < -0.39 is 0 Å². The normalized spacial score (nSPS) is 11.4. The van der Waals surface area contributed by atoms with Crippen molar-refractivity contribution < 1.29 is 0 Å². The summed E-state index contributed by atoms with van der Waals surface area (Å²) in [5, 5.41) is 0. The Labute approximate surface area is 112 Å². The van der Waals surface area contributed by atoms with E-state index in [1.807, 2.05) is 12.1 Å². The maximum absolute atomic E-state index is 5.81. The number of benzene rings is 1. The fourth-order valence-electron chi connectivity index (χ4n) is 2.12. The predicted molar refractivity (Wildman–Crippen MR) is 79.6 cm³/mol. The van der Waals surface area contributed by atoms with Crippen LogP contribution in [-0.4, -0.2) is 42.5 Å². The molecule has 0 aliphatic rings. The van der Waals surface area contributed by atoms with Gasteiger partial charge in [0.1, 0.15) is 0 Å². The van der Waals surface area contributed by atoms with Crippen molar-refractivity contribution in [3.8, 4) is 0 Å². The fraction of sp³-hybridized carbons (Fsp3) is 0.600. The molecule has 0 spiro atoms. The third-order valence-electron chi connectivity index (χ3n) is 3.43. The molecule has 3 nitrogen and oxygen atoms in total. The lowest BCUT2D eigenvalue weighted by atomic mass is 10.2. The molecule has 0 bridgehead atoms. The molecule has 0 amide bonds. The summed E-state index contributed by atoms with van der Waals surface area (Å²) in [6.45, 7) is 13.2. The second-order valence-corrected chi connectivity index (χ2v) is 4.64. The minimum atomic E-state index is 0.854. The summed E-state index contributed by atoms with van der Waals surface area (Å²) in [7, 11) is 0. The Morgan fingerprint density at radius 3 is 2.11 bits per heavy atom. The van der Waals surface area contributed by atoms with E-state index in [4.69, 9.17) is 5.73 Å². The van der Waals surface area contributed by atoms with Gasteiger partial charge < -0.3 is 10.6 Å². The lowest BCUT2D eigenvalue weighted by Gasteiger charge is -2.25. The number of nitrogens with two attached hydrogens (primary N) is 1. The highest BCUT2D eigenvalue weighted by molar-refractivity contribution is 5.40. The third-order valence-corrected chi connectivity index (χ3v) is 3.43. The Morgan fingerprint density at radius 1 is 0.944 bits per heavy atom. The van der Waals surface area contributed by atoms with Crippen LogP contribution in [0.4, 0.5) is 5.69 Å². The molecule has 2 N–H and O–H groups in total. The van der Waals surface area contributed by atoms with Crippen LogP contribution >= 0.6 is 0 Å². The van der Waals surface area contributed by atoms with E-state index in [9.17, 15) is 0 Å². The first-order valence-corrected chi connectivity index (χ1v) is 6.98. The van der Waals surface area contributed by atoms with Crippen LogP contribution in [0.3, 0.4) is 0 Å². The van der Waals surface area contributed by atoms with Crippen molar-refractivity contribution in [1.82, 2.24) is 9.80 Å². The van der Waals surface area contributed by atoms with Crippen LogP contribution in [0, 0.1) is 0 Å². The SMILES string of the molecule is CCN(CC)CCN(CC)Cc1cccc(N)c1. The predicted octanol–water partition coefficient (Wildman–Crippen LogP) is 2.43. The zero-order chi connectivity index (χ0) is 13.4. The van der Waals surface area contributed by atoms with Crippen LogP contribution in [0.25, 0.3) is 0 Å². The highest BCUT2D eigenvalue weighted by Gasteiger charge is 2.06. The van der Waals surface area contributed by atoms with Gasteiger partial charge in [0, 0.05) is 25.3 Å². The number of rotatable bonds is 8. The van der Waals surface area contributed by atoms with Crippen molar-refractivity contribution in [2.75, 3.05) is 38.5 Å². The minimum absolute atomic E-state index is 0.854. The Bertz CT molecular complexity index is 334. The first kappa shape index (κ1) is 15.0. The van der Waals surface area contributed by atoms with Gasteiger partial charge in [-0.25, -0.2) is 0 Å². The smallest absolute Gasteiger partial charge is 0.0317 e. The summed E-state index contributed by atoms with van der Waals surface area (Å²) < 4.78 is 0. The Kier molecular flexibility index (Phi) is 6.76. The molecule has 0 unspecified atom stereocenters. The van der Waals surface area contributed by atoms with Crippen molar-refractivity contribution in [3.05, 3.63) is 29.8 Å². The van der Waals surface area contributed by atoms with Gasteiger partial charge in [-0.2, -0.15) is 0 Å². The molecular weight excluding hydrogens is 222 g/mol. The van der Waals surface area contributed by atoms with Crippen molar-refractivity contribution in [3.63, 3.8) is 0 Å². The summed E-state index contributed by atoms with van der Waals surface area (Å²) in [4.78, 5) is 4.93. The average Bonchev–Trinajstić information content (AvgIpc) is 2.38. The van der Waals surface area contributed by atoms with Gasteiger partial charge >= 0.3 is 0 Å². The summed E-state index contributed by atoms with van der Waals surface area (Å²) in [5.74, 6) is 0. The third kappa shape index (κ3) is 5.07. The molecule has 0 saturated heterocycles. The topological polar surface area (TPSA) is 32.5 Å². The molecule has 0 aliphatic carbocycles. The lowest BCUT2D eigenvalue weighted by Crippen LogP contribution is -2.34. The molecule has 0 saturated carbocycles. The van der Waals surface area contributed by atoms with E-state index in [1.165, 1.54) is 5.56 Å². The van der Waals surface area contributed by atoms with Gasteiger partial charge in [-0.05, 0) is 37.3 Å². The van der Waals surface area contributed by atoms with Gasteiger partial charge in [-0.3, -0.25) is 4.90 Å². The lowest BCUT2D eigenvalue weighted by molar-refractivity contribution is 0.215. The standard InChI is InChI=1S/C15H27N3/c1-4-17(5-2)10-11-18(6-3)13-14-8-7-9-15(16)12-14/h7-9,12H,4-6,10-11,13,16H2,1-3H3. The number of nitrogens with zero attached hydrogens (tertiary/aromatic N) is 2. The van der Waals surface area contributed by atoms with E-state index in [2.05, 4.69) is 42.7 Å². The maximum atomic E-state index is 5.81. The Hall–Kier alpha value is -1.06. The molecule has 0 heterocycles. The highest BCUT2D eigenvalue weighted by Crippen LogP contribution is 2.09. The molecular formula is C15H27N3. The van der Waals surface area contributed by atoms with Crippen LogP contribution in [-0.2, 0) is 6.54 Å². The Morgan fingerprint density at radius 2 is 1.56 bits per heavy atom. The molecule has 102 valence electrons. The number of nitrogen functional groups attached to an aromatic ring is 1. The number of anilines is 1. The second kappa shape index (κ2) is 8.11. The van der Waals surface area contributed by atoms with E-state index in [-0.39, 0.29) is 0 Å². The van der Waals surface area contributed by atoms with Crippen molar-refractivity contribution in [2.24, 2.45) is 0 Å². The van der Waals surface area contributed by atoms with Gasteiger partial charge in [-0.1, -0.05) is 32.9 Å². The second-order valence-electron chi connectivity index (χ2n) is 4.64. The molecule has 0 radical (unpaired) electrons. The van der Waals surface area contributed by atoms with Crippen LogP contribution in [0.15, 0.2) is 24.3 Å². The molecule has 18 heavy (non-hydrogen) atoms. The first-order valence-electron chi connectivity index (χ1n) is 6.98. The monoisotopic (exact) mass is 249 g/mol. The van der Waals surface area contributed by atoms with Crippen molar-refractivity contribution in [1.29, 1.82) is 0 Å². The molecule has 0 atom stereocenters. The average molecular weight is 249 g/mol. The maximum Gasteiger partial charge on any atom is 0.0317 e. The van der Waals surface area contributed by atoms with Gasteiger partial charge in [0.05, 0.1) is 0 Å². The van der Waals surface area contributed by atoms with Gasteiger partial charge in [-0.15, -0.1) is 0 Å². The summed E-state index contributed by atoms with van der Waals surface area (Å²) in [6, 6.07) is 8.19. The van der Waals surface area contributed by atoms with Crippen molar-refractivity contribution >= 4 is 5.69 Å². The molecule has 3 heteroatoms. The van der Waals surface area contributed by atoms with Crippen molar-refractivity contribution in [2.45, 2.75) is 27.3 Å². The highest BCUT2D eigenvalue weighted by atomic mass is 15.2. The number of hydrogen-bond donors (Lipinski definition) is 1. The molecule has 0 aliphatic heterocycles. The number of likely N-dealkylation sites (N-methyl/N-ethyl adjacent to an activating group) is 2. The first-order chi connectivity index (χ1) is 8.69. The summed E-state index contributed by atoms with van der Waals surface area (Å²) in [5.41, 5.74) is 7.97. The molecule has 1 aromatic carbocycles. The molecule has 1 aromatic rings. The fourth-order valence-corrected chi connectivity index (χ4v) is 2.12. The van der Waals surface area contributed by atoms with Gasteiger partial charge in [0.25, 0.3) is 0 Å². The zero-order valence-corrected chi connectivity index (χ0v) is 12.0. The molecule has 0 aromatic heterocycles.